The van der Waals surface area contributed by atoms with Crippen molar-refractivity contribution in [2.75, 3.05) is 0 Å². The summed E-state index contributed by atoms with van der Waals surface area (Å²) in [5.41, 5.74) is 2.17. The lowest BCUT2D eigenvalue weighted by Gasteiger charge is -2.11. The van der Waals surface area contributed by atoms with E-state index in [1.54, 1.807) is 17.2 Å². The fourth-order valence-corrected chi connectivity index (χ4v) is 4.13. The monoisotopic (exact) mass is 357 g/mol. The molecule has 0 radical (unpaired) electrons. The number of benzene rings is 1. The molecule has 0 N–H and O–H groups in total. The smallest absolute Gasteiger partial charge is 0.266 e. The molecule has 1 aromatic heterocycles. The van der Waals surface area contributed by atoms with Gasteiger partial charge in [-0.05, 0) is 48.4 Å². The molecule has 2 aliphatic heterocycles. The van der Waals surface area contributed by atoms with Crippen molar-refractivity contribution >= 4 is 40.3 Å². The quantitative estimate of drug-likeness (QED) is 0.613. The van der Waals surface area contributed by atoms with Crippen LogP contribution in [0.25, 0.3) is 6.08 Å². The average molecular weight is 357 g/mol. The summed E-state index contributed by atoms with van der Waals surface area (Å²) in [4.78, 5) is 14.8. The zero-order valence-electron chi connectivity index (χ0n) is 13.0. The molecule has 2 aromatic rings. The van der Waals surface area contributed by atoms with Crippen molar-refractivity contribution in [1.82, 2.24) is 4.90 Å². The first-order chi connectivity index (χ1) is 11.6. The van der Waals surface area contributed by atoms with E-state index >= 15 is 0 Å². The molecule has 122 valence electrons. The average Bonchev–Trinajstić information content (AvgIpc) is 3.23. The summed E-state index contributed by atoms with van der Waals surface area (Å²) >= 11 is 6.67. The number of carbonyl (C=O) groups is 1. The highest BCUT2D eigenvalue weighted by molar-refractivity contribution is 8.26. The molecule has 0 unspecified atom stereocenters. The van der Waals surface area contributed by atoms with Crippen LogP contribution in [0.5, 0.6) is 5.75 Å². The van der Waals surface area contributed by atoms with Crippen molar-refractivity contribution in [2.24, 2.45) is 0 Å². The van der Waals surface area contributed by atoms with E-state index in [-0.39, 0.29) is 12.0 Å². The molecule has 24 heavy (non-hydrogen) atoms. The van der Waals surface area contributed by atoms with Crippen LogP contribution >= 0.6 is 24.0 Å². The van der Waals surface area contributed by atoms with Crippen LogP contribution in [0.3, 0.4) is 0 Å². The highest BCUT2D eigenvalue weighted by atomic mass is 32.2. The van der Waals surface area contributed by atoms with Crippen molar-refractivity contribution in [3.63, 3.8) is 0 Å². The first-order valence-electron chi connectivity index (χ1n) is 7.67. The van der Waals surface area contributed by atoms with E-state index in [4.69, 9.17) is 21.4 Å². The standard InChI is InChI=1S/C18H15NO3S2/c1-11-7-13-8-12(4-5-15(13)22-11)9-16-17(20)19(18(23)24-16)10-14-3-2-6-21-14/h2-6,8-9,11H,7,10H2,1H3/b16-9-/t11-/m1/s1. The molecule has 1 saturated heterocycles. The summed E-state index contributed by atoms with van der Waals surface area (Å²) in [6.07, 6.45) is 4.60. The van der Waals surface area contributed by atoms with E-state index in [1.807, 2.05) is 24.3 Å². The van der Waals surface area contributed by atoms with Crippen molar-refractivity contribution in [3.05, 3.63) is 58.4 Å². The highest BCUT2D eigenvalue weighted by Gasteiger charge is 2.32. The summed E-state index contributed by atoms with van der Waals surface area (Å²) in [6, 6.07) is 9.66. The van der Waals surface area contributed by atoms with Crippen LogP contribution in [0.2, 0.25) is 0 Å². The number of hydrogen-bond donors (Lipinski definition) is 0. The third kappa shape index (κ3) is 2.87. The predicted molar refractivity (Wildman–Crippen MR) is 97.7 cm³/mol. The number of ether oxygens (including phenoxy) is 1. The molecule has 3 heterocycles. The van der Waals surface area contributed by atoms with Gasteiger partial charge in [0.1, 0.15) is 21.9 Å². The summed E-state index contributed by atoms with van der Waals surface area (Å²) in [5.74, 6) is 1.58. The molecule has 0 spiro atoms. The van der Waals surface area contributed by atoms with Crippen LogP contribution in [-0.4, -0.2) is 21.2 Å². The van der Waals surface area contributed by atoms with Crippen molar-refractivity contribution < 1.29 is 13.9 Å². The Morgan fingerprint density at radius 3 is 3.08 bits per heavy atom. The molecule has 1 amide bonds. The fourth-order valence-electron chi connectivity index (χ4n) is 2.88. The number of furan rings is 1. The number of thiocarbonyl (C=S) groups is 1. The van der Waals surface area contributed by atoms with E-state index in [9.17, 15) is 4.79 Å². The number of thioether (sulfide) groups is 1. The maximum absolute atomic E-state index is 12.6. The van der Waals surface area contributed by atoms with Crippen molar-refractivity contribution in [1.29, 1.82) is 0 Å². The molecule has 4 rings (SSSR count). The molecule has 0 saturated carbocycles. The van der Waals surface area contributed by atoms with Crippen LogP contribution in [0.15, 0.2) is 45.9 Å². The van der Waals surface area contributed by atoms with E-state index in [2.05, 4.69) is 13.0 Å². The molecule has 0 aliphatic carbocycles. The molecule has 6 heteroatoms. The topological polar surface area (TPSA) is 42.7 Å². The maximum atomic E-state index is 12.6. The van der Waals surface area contributed by atoms with Gasteiger partial charge in [-0.3, -0.25) is 9.69 Å². The van der Waals surface area contributed by atoms with Gasteiger partial charge in [0.05, 0.1) is 17.7 Å². The van der Waals surface area contributed by atoms with Gasteiger partial charge in [0.15, 0.2) is 0 Å². The summed E-state index contributed by atoms with van der Waals surface area (Å²) in [6.45, 7) is 2.42. The zero-order valence-corrected chi connectivity index (χ0v) is 14.7. The zero-order chi connectivity index (χ0) is 16.7. The molecule has 1 fully saturated rings. The van der Waals surface area contributed by atoms with E-state index < -0.39 is 0 Å². The lowest BCUT2D eigenvalue weighted by atomic mass is 10.1. The number of hydrogen-bond acceptors (Lipinski definition) is 5. The first-order valence-corrected chi connectivity index (χ1v) is 8.90. The van der Waals surface area contributed by atoms with Crippen LogP contribution in [0.4, 0.5) is 0 Å². The van der Waals surface area contributed by atoms with Crippen molar-refractivity contribution in [2.45, 2.75) is 26.0 Å². The number of fused-ring (bicyclic) bond motifs is 1. The largest absolute Gasteiger partial charge is 0.490 e. The molecular formula is C18H15NO3S2. The second-order valence-electron chi connectivity index (χ2n) is 5.85. The molecule has 2 aliphatic rings. The predicted octanol–water partition coefficient (Wildman–Crippen LogP) is 4.00. The molecule has 1 aromatic carbocycles. The Morgan fingerprint density at radius 2 is 2.29 bits per heavy atom. The number of amides is 1. The SMILES string of the molecule is C[C@@H]1Cc2cc(/C=C3\SC(=S)N(Cc4ccco4)C3=O)ccc2O1. The van der Waals surface area contributed by atoms with Crippen LogP contribution in [0.1, 0.15) is 23.8 Å². The highest BCUT2D eigenvalue weighted by Crippen LogP contribution is 2.35. The fraction of sp³-hybridized carbons (Fsp3) is 0.222. The molecule has 1 atom stereocenters. The van der Waals surface area contributed by atoms with Gasteiger partial charge < -0.3 is 9.15 Å². The minimum atomic E-state index is -0.0773. The number of rotatable bonds is 3. The number of nitrogens with zero attached hydrogens (tertiary/aromatic N) is 1. The minimum absolute atomic E-state index is 0.0773. The van der Waals surface area contributed by atoms with E-state index in [0.29, 0.717) is 15.8 Å². The van der Waals surface area contributed by atoms with Crippen LogP contribution in [0, 0.1) is 0 Å². The summed E-state index contributed by atoms with van der Waals surface area (Å²) in [5, 5.41) is 0. The van der Waals surface area contributed by atoms with Crippen LogP contribution < -0.4 is 4.74 Å². The minimum Gasteiger partial charge on any atom is -0.490 e. The Hall–Kier alpha value is -2.05. The second-order valence-corrected chi connectivity index (χ2v) is 7.52. The Bertz CT molecular complexity index is 842. The van der Waals surface area contributed by atoms with Gasteiger partial charge in [-0.1, -0.05) is 30.0 Å². The molecule has 0 bridgehead atoms. The Balaban J connectivity index is 1.56. The lowest BCUT2D eigenvalue weighted by molar-refractivity contribution is -0.122. The van der Waals surface area contributed by atoms with Gasteiger partial charge in [-0.25, -0.2) is 0 Å². The Labute approximate surface area is 149 Å². The van der Waals surface area contributed by atoms with Gasteiger partial charge in [-0.2, -0.15) is 0 Å². The van der Waals surface area contributed by atoms with E-state index in [1.165, 1.54) is 17.3 Å². The maximum Gasteiger partial charge on any atom is 0.266 e. The lowest BCUT2D eigenvalue weighted by Crippen LogP contribution is -2.27. The molecule has 4 nitrogen and oxygen atoms in total. The second kappa shape index (κ2) is 6.11. The van der Waals surface area contributed by atoms with Gasteiger partial charge in [-0.15, -0.1) is 0 Å². The van der Waals surface area contributed by atoms with Gasteiger partial charge in [0.2, 0.25) is 0 Å². The summed E-state index contributed by atoms with van der Waals surface area (Å²) < 4.78 is 11.6. The third-order valence-electron chi connectivity index (χ3n) is 3.99. The first kappa shape index (κ1) is 15.5. The van der Waals surface area contributed by atoms with Gasteiger partial charge >= 0.3 is 0 Å². The normalized spacial score (nSPS) is 21.5. The number of carbonyl (C=O) groups excluding carboxylic acids is 1. The van der Waals surface area contributed by atoms with Gasteiger partial charge in [0.25, 0.3) is 5.91 Å². The van der Waals surface area contributed by atoms with Crippen molar-refractivity contribution in [3.8, 4) is 5.75 Å². The molecular weight excluding hydrogens is 342 g/mol. The third-order valence-corrected chi connectivity index (χ3v) is 5.36. The van der Waals surface area contributed by atoms with Gasteiger partial charge in [0, 0.05) is 6.42 Å². The van der Waals surface area contributed by atoms with E-state index in [0.717, 1.165) is 23.5 Å². The Kier molecular flexibility index (Phi) is 3.94. The Morgan fingerprint density at radius 1 is 1.42 bits per heavy atom. The summed E-state index contributed by atoms with van der Waals surface area (Å²) in [7, 11) is 0. The van der Waals surface area contributed by atoms with Crippen LogP contribution in [-0.2, 0) is 17.8 Å².